The summed E-state index contributed by atoms with van der Waals surface area (Å²) in [5.41, 5.74) is 1.99. The Labute approximate surface area is 183 Å². The number of benzene rings is 2. The van der Waals surface area contributed by atoms with Gasteiger partial charge in [-0.1, -0.05) is 18.2 Å². The van der Waals surface area contributed by atoms with Gasteiger partial charge in [0.15, 0.2) is 0 Å². The molecular weight excluding hydrogens is 416 g/mol. The first-order valence-electron chi connectivity index (χ1n) is 10.6. The van der Waals surface area contributed by atoms with Crippen molar-refractivity contribution in [3.8, 4) is 0 Å². The van der Waals surface area contributed by atoms with Gasteiger partial charge in [-0.2, -0.15) is 4.31 Å². The molecule has 2 saturated heterocycles. The van der Waals surface area contributed by atoms with Crippen molar-refractivity contribution >= 4 is 33.1 Å². The zero-order valence-corrected chi connectivity index (χ0v) is 18.2. The monoisotopic (exact) mass is 444 g/mol. The highest BCUT2D eigenvalue weighted by Gasteiger charge is 2.28. The van der Waals surface area contributed by atoms with Gasteiger partial charge in [0.1, 0.15) is 0 Å². The van der Waals surface area contributed by atoms with Crippen molar-refractivity contribution < 1.29 is 17.9 Å². The quantitative estimate of drug-likeness (QED) is 0.738. The van der Waals surface area contributed by atoms with Gasteiger partial charge in [0, 0.05) is 31.9 Å². The molecule has 0 aromatic heterocycles. The summed E-state index contributed by atoms with van der Waals surface area (Å²) in [4.78, 5) is 15.0. The number of morpholine rings is 1. The molecule has 2 fully saturated rings. The lowest BCUT2D eigenvalue weighted by atomic mass is 10.1. The SMILES string of the molecule is O=C(Nc1ccccc1)Nc1cc(S(=O)(=O)N2CCOCC2)ccc1N1CCCCC1. The summed E-state index contributed by atoms with van der Waals surface area (Å²) in [6.45, 7) is 3.18. The summed E-state index contributed by atoms with van der Waals surface area (Å²) in [6.07, 6.45) is 3.32. The number of ether oxygens (including phenoxy) is 1. The number of piperidine rings is 1. The number of hydrogen-bond acceptors (Lipinski definition) is 5. The van der Waals surface area contributed by atoms with Gasteiger partial charge < -0.3 is 20.3 Å². The topological polar surface area (TPSA) is 91.0 Å². The molecular formula is C22H28N4O4S. The summed E-state index contributed by atoms with van der Waals surface area (Å²) in [5.74, 6) is 0. The Hall–Kier alpha value is -2.62. The highest BCUT2D eigenvalue weighted by Crippen LogP contribution is 2.32. The maximum Gasteiger partial charge on any atom is 0.323 e. The molecule has 31 heavy (non-hydrogen) atoms. The number of nitrogens with zero attached hydrogens (tertiary/aromatic N) is 2. The van der Waals surface area contributed by atoms with Crippen LogP contribution >= 0.6 is 0 Å². The summed E-state index contributed by atoms with van der Waals surface area (Å²) < 4.78 is 33.0. The van der Waals surface area contributed by atoms with Crippen molar-refractivity contribution in [2.75, 3.05) is 54.9 Å². The number of hydrogen-bond donors (Lipinski definition) is 2. The third-order valence-electron chi connectivity index (χ3n) is 5.55. The summed E-state index contributed by atoms with van der Waals surface area (Å²) in [5, 5.41) is 5.67. The molecule has 0 bridgehead atoms. The first kappa shape index (κ1) is 21.6. The van der Waals surface area contributed by atoms with E-state index >= 15 is 0 Å². The Balaban J connectivity index is 1.62. The third-order valence-corrected chi connectivity index (χ3v) is 7.45. The second-order valence-electron chi connectivity index (χ2n) is 7.69. The first-order chi connectivity index (χ1) is 15.0. The van der Waals surface area contributed by atoms with Gasteiger partial charge in [-0.3, -0.25) is 0 Å². The molecule has 0 saturated carbocycles. The molecule has 8 nitrogen and oxygen atoms in total. The van der Waals surface area contributed by atoms with E-state index in [4.69, 9.17) is 4.74 Å². The van der Waals surface area contributed by atoms with E-state index in [9.17, 15) is 13.2 Å². The largest absolute Gasteiger partial charge is 0.379 e. The van der Waals surface area contributed by atoms with E-state index in [2.05, 4.69) is 15.5 Å². The van der Waals surface area contributed by atoms with Crippen LogP contribution in [0.2, 0.25) is 0 Å². The van der Waals surface area contributed by atoms with Crippen LogP contribution < -0.4 is 15.5 Å². The van der Waals surface area contributed by atoms with E-state index in [-0.39, 0.29) is 4.90 Å². The van der Waals surface area contributed by atoms with E-state index in [0.717, 1.165) is 31.6 Å². The molecule has 4 rings (SSSR count). The van der Waals surface area contributed by atoms with E-state index in [1.165, 1.54) is 10.7 Å². The molecule has 0 radical (unpaired) electrons. The van der Waals surface area contributed by atoms with Crippen molar-refractivity contribution in [2.24, 2.45) is 0 Å². The lowest BCUT2D eigenvalue weighted by Crippen LogP contribution is -2.40. The second-order valence-corrected chi connectivity index (χ2v) is 9.63. The highest BCUT2D eigenvalue weighted by molar-refractivity contribution is 7.89. The predicted octanol–water partition coefficient (Wildman–Crippen LogP) is 3.34. The van der Waals surface area contributed by atoms with Crippen LogP contribution in [0.3, 0.4) is 0 Å². The Kier molecular flexibility index (Phi) is 6.74. The minimum absolute atomic E-state index is 0.171. The van der Waals surface area contributed by atoms with Crippen molar-refractivity contribution in [1.82, 2.24) is 4.31 Å². The van der Waals surface area contributed by atoms with Crippen LogP contribution in [0.5, 0.6) is 0 Å². The van der Waals surface area contributed by atoms with Gasteiger partial charge in [0.05, 0.1) is 29.5 Å². The fourth-order valence-corrected chi connectivity index (χ4v) is 5.36. The molecule has 2 heterocycles. The average Bonchev–Trinajstić information content (AvgIpc) is 2.81. The third kappa shape index (κ3) is 5.17. The highest BCUT2D eigenvalue weighted by atomic mass is 32.2. The Morgan fingerprint density at radius 1 is 0.871 bits per heavy atom. The maximum absolute atomic E-state index is 13.1. The Bertz CT molecular complexity index is 1000. The lowest BCUT2D eigenvalue weighted by Gasteiger charge is -2.31. The molecule has 0 atom stereocenters. The zero-order valence-electron chi connectivity index (χ0n) is 17.4. The van der Waals surface area contributed by atoms with E-state index < -0.39 is 16.1 Å². The van der Waals surface area contributed by atoms with Crippen molar-refractivity contribution in [2.45, 2.75) is 24.2 Å². The van der Waals surface area contributed by atoms with Gasteiger partial charge in [-0.05, 0) is 49.6 Å². The van der Waals surface area contributed by atoms with Crippen LogP contribution in [-0.2, 0) is 14.8 Å². The molecule has 0 unspecified atom stereocenters. The summed E-state index contributed by atoms with van der Waals surface area (Å²) >= 11 is 0. The summed E-state index contributed by atoms with van der Waals surface area (Å²) in [7, 11) is -3.66. The number of amides is 2. The first-order valence-corrected chi connectivity index (χ1v) is 12.1. The van der Waals surface area contributed by atoms with Gasteiger partial charge >= 0.3 is 6.03 Å². The molecule has 2 aromatic rings. The number of urea groups is 1. The molecule has 2 amide bonds. The molecule has 2 N–H and O–H groups in total. The van der Waals surface area contributed by atoms with Crippen LogP contribution in [0.1, 0.15) is 19.3 Å². The fraction of sp³-hybridized carbons (Fsp3) is 0.409. The van der Waals surface area contributed by atoms with Gasteiger partial charge in [-0.25, -0.2) is 13.2 Å². The Morgan fingerprint density at radius 3 is 2.29 bits per heavy atom. The number of anilines is 3. The average molecular weight is 445 g/mol. The van der Waals surface area contributed by atoms with E-state index in [1.807, 2.05) is 18.2 Å². The normalized spacial score (nSPS) is 17.9. The minimum atomic E-state index is -3.66. The number of carbonyl (C=O) groups excluding carboxylic acids is 1. The Morgan fingerprint density at radius 2 is 1.58 bits per heavy atom. The molecule has 2 aliphatic heterocycles. The number of para-hydroxylation sites is 1. The van der Waals surface area contributed by atoms with Gasteiger partial charge in [0.2, 0.25) is 10.0 Å². The molecule has 166 valence electrons. The lowest BCUT2D eigenvalue weighted by molar-refractivity contribution is 0.0730. The van der Waals surface area contributed by atoms with Crippen LogP contribution in [0.25, 0.3) is 0 Å². The number of nitrogens with one attached hydrogen (secondary N) is 2. The van der Waals surface area contributed by atoms with E-state index in [0.29, 0.717) is 37.7 Å². The van der Waals surface area contributed by atoms with Crippen molar-refractivity contribution in [1.29, 1.82) is 0 Å². The predicted molar refractivity (Wildman–Crippen MR) is 121 cm³/mol. The number of rotatable bonds is 5. The van der Waals surface area contributed by atoms with Crippen LogP contribution in [0.15, 0.2) is 53.4 Å². The fourth-order valence-electron chi connectivity index (χ4n) is 3.93. The molecule has 2 aromatic carbocycles. The minimum Gasteiger partial charge on any atom is -0.379 e. The van der Waals surface area contributed by atoms with Crippen LogP contribution in [0.4, 0.5) is 21.9 Å². The molecule has 0 aliphatic carbocycles. The molecule has 2 aliphatic rings. The molecule has 9 heteroatoms. The molecule has 0 spiro atoms. The standard InChI is InChI=1S/C22H28N4O4S/c27-22(23-18-7-3-1-4-8-18)24-20-17-19(31(28,29)26-13-15-30-16-14-26)9-10-21(20)25-11-5-2-6-12-25/h1,3-4,7-10,17H,2,5-6,11-16H2,(H2,23,24,27). The number of sulfonamides is 1. The van der Waals surface area contributed by atoms with Crippen molar-refractivity contribution in [3.05, 3.63) is 48.5 Å². The van der Waals surface area contributed by atoms with Gasteiger partial charge in [-0.15, -0.1) is 0 Å². The van der Waals surface area contributed by atoms with Gasteiger partial charge in [0.25, 0.3) is 0 Å². The van der Waals surface area contributed by atoms with Crippen LogP contribution in [0, 0.1) is 0 Å². The number of carbonyl (C=O) groups is 1. The second kappa shape index (κ2) is 9.67. The zero-order chi connectivity index (χ0) is 21.7. The summed E-state index contributed by atoms with van der Waals surface area (Å²) in [6, 6.07) is 13.7. The van der Waals surface area contributed by atoms with Crippen LogP contribution in [-0.4, -0.2) is 58.1 Å². The van der Waals surface area contributed by atoms with Crippen molar-refractivity contribution in [3.63, 3.8) is 0 Å². The van der Waals surface area contributed by atoms with E-state index in [1.54, 1.807) is 30.3 Å². The smallest absolute Gasteiger partial charge is 0.323 e. The maximum atomic E-state index is 13.1.